The number of hydrogen-bond donors (Lipinski definition) is 1. The number of hydrogen-bond acceptors (Lipinski definition) is 3. The lowest BCUT2D eigenvalue weighted by Gasteiger charge is -2.29. The number of halogens is 1. The Balaban J connectivity index is 2.81. The number of carbonyl (C=O) groups excluding carboxylic acids is 1. The second kappa shape index (κ2) is 7.55. The molecule has 2 rings (SSSR count). The van der Waals surface area contributed by atoms with Gasteiger partial charge in [0, 0.05) is 5.02 Å². The number of aromatic hydroxyl groups is 1. The van der Waals surface area contributed by atoms with E-state index in [4.69, 9.17) is 16.3 Å². The van der Waals surface area contributed by atoms with Crippen LogP contribution in [0.15, 0.2) is 36.4 Å². The number of phenols is 1. The van der Waals surface area contributed by atoms with Crippen LogP contribution in [0.4, 0.5) is 0 Å². The summed E-state index contributed by atoms with van der Waals surface area (Å²) in [6.45, 7) is 12.3. The fraction of sp³-hybridized carbons (Fsp3) is 0.435. The van der Waals surface area contributed by atoms with E-state index < -0.39 is 5.92 Å². The summed E-state index contributed by atoms with van der Waals surface area (Å²) in [7, 11) is 1.38. The van der Waals surface area contributed by atoms with E-state index in [-0.39, 0.29) is 22.5 Å². The average Bonchev–Trinajstić information content (AvgIpc) is 2.54. The Morgan fingerprint density at radius 2 is 1.48 bits per heavy atom. The van der Waals surface area contributed by atoms with Crippen LogP contribution in [0.5, 0.6) is 5.75 Å². The molecule has 0 saturated heterocycles. The van der Waals surface area contributed by atoms with E-state index in [1.807, 2.05) is 65.8 Å². The molecule has 3 nitrogen and oxygen atoms in total. The van der Waals surface area contributed by atoms with Crippen LogP contribution in [-0.4, -0.2) is 18.2 Å². The smallest absolute Gasteiger partial charge is 0.317 e. The Kier molecular flexibility index (Phi) is 5.96. The molecule has 146 valence electrons. The van der Waals surface area contributed by atoms with E-state index in [0.717, 1.165) is 22.3 Å². The van der Waals surface area contributed by atoms with Crippen LogP contribution in [0.25, 0.3) is 0 Å². The van der Waals surface area contributed by atoms with Crippen molar-refractivity contribution in [2.75, 3.05) is 7.11 Å². The predicted octanol–water partition coefficient (Wildman–Crippen LogP) is 5.95. The zero-order valence-corrected chi connectivity index (χ0v) is 17.9. The molecule has 0 bridgehead atoms. The third kappa shape index (κ3) is 4.65. The van der Waals surface area contributed by atoms with Gasteiger partial charge in [-0.25, -0.2) is 0 Å². The van der Waals surface area contributed by atoms with Crippen LogP contribution < -0.4 is 0 Å². The molecule has 0 spiro atoms. The fourth-order valence-electron chi connectivity index (χ4n) is 3.24. The van der Waals surface area contributed by atoms with Gasteiger partial charge in [0.25, 0.3) is 0 Å². The second-order valence-electron chi connectivity index (χ2n) is 8.98. The van der Waals surface area contributed by atoms with E-state index in [1.54, 1.807) is 12.1 Å². The molecule has 0 amide bonds. The lowest BCUT2D eigenvalue weighted by Crippen LogP contribution is -2.21. The highest BCUT2D eigenvalue weighted by Gasteiger charge is 2.31. The van der Waals surface area contributed by atoms with Crippen LogP contribution in [0.1, 0.15) is 69.7 Å². The first-order valence-corrected chi connectivity index (χ1v) is 9.45. The highest BCUT2D eigenvalue weighted by Crippen LogP contribution is 2.42. The number of ether oxygens (including phenoxy) is 1. The maximum Gasteiger partial charge on any atom is 0.317 e. The molecule has 0 radical (unpaired) electrons. The van der Waals surface area contributed by atoms with Gasteiger partial charge in [0.05, 0.1) is 7.11 Å². The summed E-state index contributed by atoms with van der Waals surface area (Å²) in [6.07, 6.45) is 0. The highest BCUT2D eigenvalue weighted by molar-refractivity contribution is 6.30. The number of phenolic OH excluding ortho intramolecular Hbond substituents is 1. The third-order valence-corrected chi connectivity index (χ3v) is 4.94. The third-order valence-electron chi connectivity index (χ3n) is 4.70. The van der Waals surface area contributed by atoms with Crippen molar-refractivity contribution < 1.29 is 14.6 Å². The summed E-state index contributed by atoms with van der Waals surface area (Å²) in [4.78, 5) is 12.7. The van der Waals surface area contributed by atoms with E-state index in [9.17, 15) is 9.90 Å². The summed E-state index contributed by atoms with van der Waals surface area (Å²) >= 11 is 6.17. The van der Waals surface area contributed by atoms with Gasteiger partial charge in [-0.15, -0.1) is 0 Å². The van der Waals surface area contributed by atoms with Gasteiger partial charge >= 0.3 is 5.97 Å². The van der Waals surface area contributed by atoms with Gasteiger partial charge in [-0.1, -0.05) is 77.4 Å². The minimum absolute atomic E-state index is 0.283. The van der Waals surface area contributed by atoms with E-state index in [1.165, 1.54) is 7.11 Å². The molecule has 0 heterocycles. The van der Waals surface area contributed by atoms with Crippen molar-refractivity contribution in [2.24, 2.45) is 0 Å². The number of carbonyl (C=O) groups is 1. The molecule has 0 aliphatic heterocycles. The molecular formula is C23H29ClO3. The molecule has 2 aromatic carbocycles. The Hall–Kier alpha value is -2.00. The number of rotatable bonds is 3. The Labute approximate surface area is 167 Å². The molecule has 0 fully saturated rings. The monoisotopic (exact) mass is 388 g/mol. The number of methoxy groups -OCH3 is 1. The second-order valence-corrected chi connectivity index (χ2v) is 9.41. The van der Waals surface area contributed by atoms with Crippen molar-refractivity contribution in [2.45, 2.75) is 58.3 Å². The normalized spacial score (nSPS) is 13.3. The predicted molar refractivity (Wildman–Crippen MR) is 111 cm³/mol. The minimum Gasteiger partial charge on any atom is -0.507 e. The summed E-state index contributed by atoms with van der Waals surface area (Å²) in [5.74, 6) is -0.687. The molecule has 0 aliphatic rings. The fourth-order valence-corrected chi connectivity index (χ4v) is 3.43. The largest absolute Gasteiger partial charge is 0.507 e. The number of benzene rings is 2. The van der Waals surface area contributed by atoms with E-state index in [2.05, 4.69) is 0 Å². The van der Waals surface area contributed by atoms with Crippen molar-refractivity contribution in [3.05, 3.63) is 63.7 Å². The zero-order chi connectivity index (χ0) is 20.6. The molecule has 0 aromatic heterocycles. The molecule has 1 unspecified atom stereocenters. The van der Waals surface area contributed by atoms with Crippen LogP contribution in [0.3, 0.4) is 0 Å². The van der Waals surface area contributed by atoms with Crippen LogP contribution in [0, 0.1) is 0 Å². The summed E-state index contributed by atoms with van der Waals surface area (Å²) < 4.78 is 5.10. The average molecular weight is 389 g/mol. The van der Waals surface area contributed by atoms with E-state index in [0.29, 0.717) is 5.02 Å². The molecule has 27 heavy (non-hydrogen) atoms. The molecular weight excluding hydrogens is 360 g/mol. The molecule has 4 heteroatoms. The quantitative estimate of drug-likeness (QED) is 0.661. The lowest BCUT2D eigenvalue weighted by molar-refractivity contribution is -0.141. The van der Waals surface area contributed by atoms with Gasteiger partial charge in [-0.05, 0) is 45.2 Å². The highest BCUT2D eigenvalue weighted by atomic mass is 35.5. The van der Waals surface area contributed by atoms with Gasteiger partial charge in [-0.3, -0.25) is 4.79 Å². The first kappa shape index (κ1) is 21.3. The lowest BCUT2D eigenvalue weighted by atomic mass is 9.76. The zero-order valence-electron chi connectivity index (χ0n) is 17.2. The Bertz CT molecular complexity index is 806. The maximum absolute atomic E-state index is 12.7. The summed E-state index contributed by atoms with van der Waals surface area (Å²) in [5.41, 5.74) is 2.60. The summed E-state index contributed by atoms with van der Waals surface area (Å²) in [5, 5.41) is 11.5. The number of esters is 1. The summed E-state index contributed by atoms with van der Waals surface area (Å²) in [6, 6.07) is 11.1. The molecule has 0 aliphatic carbocycles. The van der Waals surface area contributed by atoms with Crippen molar-refractivity contribution >= 4 is 17.6 Å². The molecule has 1 atom stereocenters. The maximum atomic E-state index is 12.7. The SMILES string of the molecule is COC(=O)C(c1cccc(Cl)c1)c1cc(C(C)(C)C)c(O)c(C(C)(C)C)c1. The topological polar surface area (TPSA) is 46.5 Å². The minimum atomic E-state index is -0.614. The Morgan fingerprint density at radius 3 is 1.89 bits per heavy atom. The van der Waals surface area contributed by atoms with Gasteiger partial charge in [-0.2, -0.15) is 0 Å². The standard InChI is InChI=1S/C23H29ClO3/c1-22(2,3)17-12-15(13-18(20(17)25)23(4,5)6)19(21(26)27-7)14-9-8-10-16(24)11-14/h8-13,19,25H,1-7H3. The molecule has 1 N–H and O–H groups in total. The van der Waals surface area contributed by atoms with Gasteiger partial charge in [0.15, 0.2) is 0 Å². The molecule has 0 saturated carbocycles. The first-order chi connectivity index (χ1) is 12.4. The first-order valence-electron chi connectivity index (χ1n) is 9.07. The van der Waals surface area contributed by atoms with Crippen molar-refractivity contribution in [3.63, 3.8) is 0 Å². The van der Waals surface area contributed by atoms with Crippen LogP contribution in [-0.2, 0) is 20.4 Å². The van der Waals surface area contributed by atoms with Crippen molar-refractivity contribution in [1.29, 1.82) is 0 Å². The van der Waals surface area contributed by atoms with Gasteiger partial charge in [0.1, 0.15) is 11.7 Å². The molecule has 2 aromatic rings. The van der Waals surface area contributed by atoms with Gasteiger partial charge < -0.3 is 9.84 Å². The van der Waals surface area contributed by atoms with Crippen LogP contribution in [0.2, 0.25) is 5.02 Å². The van der Waals surface area contributed by atoms with Crippen molar-refractivity contribution in [3.8, 4) is 5.75 Å². The van der Waals surface area contributed by atoms with Gasteiger partial charge in [0.2, 0.25) is 0 Å². The Morgan fingerprint density at radius 1 is 0.963 bits per heavy atom. The van der Waals surface area contributed by atoms with E-state index >= 15 is 0 Å². The van der Waals surface area contributed by atoms with Crippen molar-refractivity contribution in [1.82, 2.24) is 0 Å². The van der Waals surface area contributed by atoms with Crippen LogP contribution >= 0.6 is 11.6 Å².